The number of carbonyl (C=O) groups excluding carboxylic acids is 2. The van der Waals surface area contributed by atoms with Gasteiger partial charge in [0, 0.05) is 11.8 Å². The molecular formula is C27H35NO4. The summed E-state index contributed by atoms with van der Waals surface area (Å²) in [5.74, 6) is -0.134. The number of methoxy groups -OCH3 is 1. The molecule has 0 saturated carbocycles. The molecule has 0 unspecified atom stereocenters. The Bertz CT molecular complexity index is 996. The minimum atomic E-state index is -0.439. The van der Waals surface area contributed by atoms with Gasteiger partial charge in [0.1, 0.15) is 5.75 Å². The number of aryl methyl sites for hydroxylation is 2. The second-order valence-electron chi connectivity index (χ2n) is 10.0. The summed E-state index contributed by atoms with van der Waals surface area (Å²) >= 11 is 0. The fraction of sp³-hybridized carbons (Fsp3) is 0.407. The van der Waals surface area contributed by atoms with Gasteiger partial charge in [-0.05, 0) is 66.0 Å². The monoisotopic (exact) mass is 437 g/mol. The second-order valence-corrected chi connectivity index (χ2v) is 10.0. The summed E-state index contributed by atoms with van der Waals surface area (Å²) in [6, 6.07) is 11.4. The average Bonchev–Trinajstić information content (AvgIpc) is 2.68. The number of rotatable bonds is 7. The average molecular weight is 438 g/mol. The minimum absolute atomic E-state index is 0.0570. The van der Waals surface area contributed by atoms with E-state index < -0.39 is 5.97 Å². The van der Waals surface area contributed by atoms with Gasteiger partial charge < -0.3 is 14.8 Å². The van der Waals surface area contributed by atoms with Crippen LogP contribution in [0.4, 0.5) is 5.69 Å². The number of hydrogen-bond acceptors (Lipinski definition) is 4. The largest absolute Gasteiger partial charge is 0.465 e. The molecule has 5 nitrogen and oxygen atoms in total. The van der Waals surface area contributed by atoms with Crippen molar-refractivity contribution in [3.63, 3.8) is 0 Å². The van der Waals surface area contributed by atoms with E-state index in [2.05, 4.69) is 52.1 Å². The zero-order chi connectivity index (χ0) is 24.1. The molecule has 0 aliphatic heterocycles. The van der Waals surface area contributed by atoms with Crippen LogP contribution in [-0.2, 0) is 14.9 Å². The fourth-order valence-electron chi connectivity index (χ4n) is 4.08. The summed E-state index contributed by atoms with van der Waals surface area (Å²) in [7, 11) is 1.33. The first kappa shape index (κ1) is 25.2. The summed E-state index contributed by atoms with van der Waals surface area (Å²) in [6.07, 6.45) is 3.74. The van der Waals surface area contributed by atoms with Gasteiger partial charge >= 0.3 is 5.97 Å². The molecule has 0 spiro atoms. The van der Waals surface area contributed by atoms with Gasteiger partial charge in [-0.15, -0.1) is 0 Å². The molecule has 0 radical (unpaired) electrons. The Hall–Kier alpha value is -3.08. The molecule has 0 saturated heterocycles. The van der Waals surface area contributed by atoms with Crippen molar-refractivity contribution in [2.45, 2.75) is 60.3 Å². The number of ether oxygens (including phenoxy) is 2. The molecule has 0 atom stereocenters. The molecule has 1 N–H and O–H groups in total. The van der Waals surface area contributed by atoms with Crippen LogP contribution < -0.4 is 10.1 Å². The van der Waals surface area contributed by atoms with Crippen molar-refractivity contribution >= 4 is 17.6 Å². The second kappa shape index (κ2) is 10.0. The molecular weight excluding hydrogens is 402 g/mol. The minimum Gasteiger partial charge on any atom is -0.465 e. The predicted octanol–water partition coefficient (Wildman–Crippen LogP) is 6.34. The molecule has 0 aromatic heterocycles. The van der Waals surface area contributed by atoms with Gasteiger partial charge in [0.15, 0.2) is 0 Å². The van der Waals surface area contributed by atoms with Gasteiger partial charge in [0.05, 0.1) is 18.9 Å². The van der Waals surface area contributed by atoms with Crippen LogP contribution in [0.3, 0.4) is 0 Å². The first-order valence-corrected chi connectivity index (χ1v) is 10.8. The van der Waals surface area contributed by atoms with E-state index in [1.54, 1.807) is 6.07 Å². The van der Waals surface area contributed by atoms with E-state index in [9.17, 15) is 9.59 Å². The quantitative estimate of drug-likeness (QED) is 0.312. The van der Waals surface area contributed by atoms with E-state index in [0.717, 1.165) is 17.5 Å². The maximum absolute atomic E-state index is 12.3. The topological polar surface area (TPSA) is 64.6 Å². The summed E-state index contributed by atoms with van der Waals surface area (Å²) in [5, 5.41) is 2.78. The molecule has 0 aliphatic rings. The Labute approximate surface area is 191 Å². The van der Waals surface area contributed by atoms with Crippen molar-refractivity contribution in [3.8, 4) is 5.75 Å². The van der Waals surface area contributed by atoms with E-state index in [0.29, 0.717) is 17.0 Å². The summed E-state index contributed by atoms with van der Waals surface area (Å²) in [5.41, 5.74) is 4.16. The van der Waals surface area contributed by atoms with Crippen LogP contribution in [0, 0.1) is 19.3 Å². The molecule has 2 rings (SSSR count). The Morgan fingerprint density at radius 2 is 1.59 bits per heavy atom. The number of anilines is 1. The van der Waals surface area contributed by atoms with Crippen LogP contribution >= 0.6 is 0 Å². The van der Waals surface area contributed by atoms with Crippen molar-refractivity contribution < 1.29 is 19.1 Å². The van der Waals surface area contributed by atoms with Crippen molar-refractivity contribution in [1.29, 1.82) is 0 Å². The summed E-state index contributed by atoms with van der Waals surface area (Å²) in [6.45, 7) is 14.9. The Balaban J connectivity index is 2.02. The highest BCUT2D eigenvalue weighted by molar-refractivity contribution is 6.01. The van der Waals surface area contributed by atoms with E-state index in [1.165, 1.54) is 25.0 Å². The van der Waals surface area contributed by atoms with Crippen molar-refractivity contribution in [2.75, 3.05) is 12.4 Å². The zero-order valence-electron chi connectivity index (χ0n) is 20.5. The molecule has 2 aromatic carbocycles. The maximum Gasteiger partial charge on any atom is 0.338 e. The summed E-state index contributed by atoms with van der Waals surface area (Å²) in [4.78, 5) is 24.2. The number of benzene rings is 2. The van der Waals surface area contributed by atoms with Crippen LogP contribution in [0.5, 0.6) is 5.75 Å². The lowest BCUT2D eigenvalue weighted by molar-refractivity contribution is -0.112. The normalized spacial score (nSPS) is 12.0. The lowest BCUT2D eigenvalue weighted by Crippen LogP contribution is -2.24. The lowest BCUT2D eigenvalue weighted by Gasteiger charge is -2.33. The van der Waals surface area contributed by atoms with Crippen molar-refractivity contribution in [1.82, 2.24) is 0 Å². The maximum atomic E-state index is 12.3. The van der Waals surface area contributed by atoms with Crippen LogP contribution in [0.2, 0.25) is 0 Å². The Morgan fingerprint density at radius 3 is 2.16 bits per heavy atom. The number of hydrogen-bond donors (Lipinski definition) is 1. The molecule has 2 aromatic rings. The first-order chi connectivity index (χ1) is 14.8. The van der Waals surface area contributed by atoms with Crippen molar-refractivity contribution in [3.05, 3.63) is 71.0 Å². The predicted molar refractivity (Wildman–Crippen MR) is 129 cm³/mol. The molecule has 32 heavy (non-hydrogen) atoms. The highest BCUT2D eigenvalue weighted by Gasteiger charge is 2.27. The number of carbonyl (C=O) groups is 2. The highest BCUT2D eigenvalue weighted by atomic mass is 16.5. The third-order valence-electron chi connectivity index (χ3n) is 5.27. The number of amides is 1. The third-order valence-corrected chi connectivity index (χ3v) is 5.27. The molecule has 0 aliphatic carbocycles. The van der Waals surface area contributed by atoms with E-state index in [4.69, 9.17) is 9.47 Å². The summed E-state index contributed by atoms with van der Waals surface area (Å²) < 4.78 is 10.4. The highest BCUT2D eigenvalue weighted by Crippen LogP contribution is 2.36. The van der Waals surface area contributed by atoms with Gasteiger partial charge in [0.2, 0.25) is 0 Å². The Kier molecular flexibility index (Phi) is 7.89. The van der Waals surface area contributed by atoms with Gasteiger partial charge in [-0.25, -0.2) is 4.79 Å². The SMILES string of the molecule is COC(=O)c1cc(NC(=O)C=COc2ccc(C(C)(C)CC(C)(C)C)cc2)c(C)cc1C. The van der Waals surface area contributed by atoms with E-state index in [-0.39, 0.29) is 16.7 Å². The first-order valence-electron chi connectivity index (χ1n) is 10.8. The smallest absolute Gasteiger partial charge is 0.338 e. The molecule has 0 bridgehead atoms. The number of esters is 1. The molecule has 172 valence electrons. The van der Waals surface area contributed by atoms with Crippen LogP contribution in [0.1, 0.15) is 68.1 Å². The van der Waals surface area contributed by atoms with E-state index in [1.807, 2.05) is 32.0 Å². The zero-order valence-corrected chi connectivity index (χ0v) is 20.5. The van der Waals surface area contributed by atoms with Gasteiger partial charge in [-0.3, -0.25) is 4.79 Å². The van der Waals surface area contributed by atoms with Crippen molar-refractivity contribution in [2.24, 2.45) is 5.41 Å². The molecule has 1 amide bonds. The van der Waals surface area contributed by atoms with Crippen LogP contribution in [-0.4, -0.2) is 19.0 Å². The fourth-order valence-corrected chi connectivity index (χ4v) is 4.08. The standard InChI is InChI=1S/C27H35NO4/c1-18-15-19(2)23(16-22(18)25(30)31-8)28-24(29)13-14-32-21-11-9-20(10-12-21)27(6,7)17-26(3,4)5/h9-16H,17H2,1-8H3,(H,28,29). The molecule has 0 heterocycles. The van der Waals surface area contributed by atoms with Crippen LogP contribution in [0.25, 0.3) is 0 Å². The molecule has 5 heteroatoms. The van der Waals surface area contributed by atoms with Gasteiger partial charge in [0.25, 0.3) is 5.91 Å². The number of nitrogens with one attached hydrogen (secondary N) is 1. The Morgan fingerprint density at radius 1 is 0.969 bits per heavy atom. The van der Waals surface area contributed by atoms with E-state index >= 15 is 0 Å². The van der Waals surface area contributed by atoms with Crippen LogP contribution in [0.15, 0.2) is 48.7 Å². The molecule has 0 fully saturated rings. The third kappa shape index (κ3) is 6.98. The van der Waals surface area contributed by atoms with Gasteiger partial charge in [-0.1, -0.05) is 52.8 Å². The lowest BCUT2D eigenvalue weighted by atomic mass is 9.72. The van der Waals surface area contributed by atoms with Gasteiger partial charge in [-0.2, -0.15) is 0 Å².